The van der Waals surface area contributed by atoms with Crippen molar-refractivity contribution < 1.29 is 22.7 Å². The Labute approximate surface area is 206 Å². The number of aromatic nitrogens is 2. The summed E-state index contributed by atoms with van der Waals surface area (Å²) in [6.45, 7) is 7.74. The molecule has 0 saturated carbocycles. The number of benzene rings is 1. The van der Waals surface area contributed by atoms with Crippen molar-refractivity contribution in [3.63, 3.8) is 0 Å². The maximum atomic E-state index is 13.5. The highest BCUT2D eigenvalue weighted by molar-refractivity contribution is 7.92. The van der Waals surface area contributed by atoms with E-state index in [0.717, 1.165) is 12.0 Å². The largest absolute Gasteiger partial charge is 0.462 e. The molecule has 3 rings (SSSR count). The smallest absolute Gasteiger partial charge is 0.342 e. The van der Waals surface area contributed by atoms with Crippen LogP contribution in [0, 0.1) is 6.92 Å². The number of hydrogen-bond acceptors (Lipinski definition) is 7. The topological polar surface area (TPSA) is 110 Å². The number of esters is 1. The van der Waals surface area contributed by atoms with Crippen LogP contribution in [0.4, 0.5) is 0 Å². The zero-order valence-corrected chi connectivity index (χ0v) is 21.4. The van der Waals surface area contributed by atoms with Gasteiger partial charge in [0.1, 0.15) is 17.1 Å². The molecule has 0 bridgehead atoms. The van der Waals surface area contributed by atoms with Crippen molar-refractivity contribution in [2.75, 3.05) is 26.2 Å². The normalized spacial score (nSPS) is 17.0. The van der Waals surface area contributed by atoms with E-state index in [4.69, 9.17) is 4.74 Å². The van der Waals surface area contributed by atoms with Gasteiger partial charge in [-0.25, -0.2) is 23.2 Å². The molecule has 188 valence electrons. The Morgan fingerprint density at radius 3 is 2.49 bits per heavy atom. The number of amides is 1. The first kappa shape index (κ1) is 26.5. The lowest BCUT2D eigenvalue weighted by Crippen LogP contribution is -2.55. The van der Waals surface area contributed by atoms with Crippen molar-refractivity contribution in [2.24, 2.45) is 0 Å². The number of piperazine rings is 1. The number of hydrogen-bond donors (Lipinski definition) is 0. The Morgan fingerprint density at radius 1 is 1.14 bits per heavy atom. The molecule has 10 heteroatoms. The highest BCUT2D eigenvalue weighted by Gasteiger charge is 2.35. The summed E-state index contributed by atoms with van der Waals surface area (Å²) < 4.78 is 32.5. The molecule has 0 N–H and O–H groups in total. The highest BCUT2D eigenvalue weighted by Crippen LogP contribution is 2.21. The SMILES string of the molecule is CCCc1nc(C)nc(C(=O)N2CCN(S(=O)(=O)/C=C/c3ccccc3)C(C)C2)c1C(=O)OCC. The van der Waals surface area contributed by atoms with Gasteiger partial charge in [0.15, 0.2) is 0 Å². The summed E-state index contributed by atoms with van der Waals surface area (Å²) in [7, 11) is -3.68. The number of aryl methyl sites for hydroxylation is 2. The third-order valence-electron chi connectivity index (χ3n) is 5.68. The summed E-state index contributed by atoms with van der Waals surface area (Å²) in [5, 5.41) is 1.19. The van der Waals surface area contributed by atoms with Gasteiger partial charge in [-0.2, -0.15) is 4.31 Å². The van der Waals surface area contributed by atoms with E-state index in [-0.39, 0.29) is 37.5 Å². The number of ether oxygens (including phenoxy) is 1. The van der Waals surface area contributed by atoms with E-state index in [9.17, 15) is 18.0 Å². The van der Waals surface area contributed by atoms with Crippen LogP contribution in [0.2, 0.25) is 0 Å². The van der Waals surface area contributed by atoms with E-state index in [0.29, 0.717) is 17.9 Å². The van der Waals surface area contributed by atoms with Crippen LogP contribution < -0.4 is 0 Å². The zero-order chi connectivity index (χ0) is 25.6. The van der Waals surface area contributed by atoms with Gasteiger partial charge < -0.3 is 9.64 Å². The Morgan fingerprint density at radius 2 is 1.86 bits per heavy atom. The van der Waals surface area contributed by atoms with Gasteiger partial charge >= 0.3 is 5.97 Å². The number of carbonyl (C=O) groups is 2. The third-order valence-corrected chi connectivity index (χ3v) is 7.35. The third kappa shape index (κ3) is 6.32. The summed E-state index contributed by atoms with van der Waals surface area (Å²) in [5.74, 6) is -0.663. The molecule has 1 aliphatic heterocycles. The molecule has 35 heavy (non-hydrogen) atoms. The van der Waals surface area contributed by atoms with Gasteiger partial charge in [0.25, 0.3) is 5.91 Å². The van der Waals surface area contributed by atoms with Gasteiger partial charge in [-0.1, -0.05) is 43.7 Å². The maximum Gasteiger partial charge on any atom is 0.342 e. The molecule has 0 spiro atoms. The van der Waals surface area contributed by atoms with Gasteiger partial charge in [-0.05, 0) is 38.8 Å². The van der Waals surface area contributed by atoms with Crippen molar-refractivity contribution in [1.29, 1.82) is 0 Å². The minimum absolute atomic E-state index is 0.00637. The Kier molecular flexibility index (Phi) is 8.74. The van der Waals surface area contributed by atoms with Crippen LogP contribution in [-0.2, 0) is 21.2 Å². The average Bonchev–Trinajstić information content (AvgIpc) is 2.82. The van der Waals surface area contributed by atoms with Crippen molar-refractivity contribution in [3.05, 3.63) is 64.1 Å². The van der Waals surface area contributed by atoms with Crippen molar-refractivity contribution in [3.8, 4) is 0 Å². The van der Waals surface area contributed by atoms with Crippen LogP contribution in [0.1, 0.15) is 65.1 Å². The van der Waals surface area contributed by atoms with Gasteiger partial charge in [-0.15, -0.1) is 0 Å². The molecular weight excluding hydrogens is 468 g/mol. The predicted molar refractivity (Wildman–Crippen MR) is 133 cm³/mol. The molecule has 1 fully saturated rings. The lowest BCUT2D eigenvalue weighted by atomic mass is 10.1. The number of rotatable bonds is 8. The molecule has 1 amide bonds. The molecule has 2 heterocycles. The molecule has 1 atom stereocenters. The van der Waals surface area contributed by atoms with E-state index in [1.54, 1.807) is 26.8 Å². The van der Waals surface area contributed by atoms with Crippen LogP contribution in [-0.4, -0.2) is 71.8 Å². The molecule has 1 aliphatic rings. The lowest BCUT2D eigenvalue weighted by Gasteiger charge is -2.38. The molecule has 0 radical (unpaired) electrons. The van der Waals surface area contributed by atoms with Crippen molar-refractivity contribution in [2.45, 2.75) is 46.6 Å². The summed E-state index contributed by atoms with van der Waals surface area (Å²) in [4.78, 5) is 36.4. The zero-order valence-electron chi connectivity index (χ0n) is 20.6. The minimum atomic E-state index is -3.68. The fourth-order valence-electron chi connectivity index (χ4n) is 4.08. The van der Waals surface area contributed by atoms with Crippen LogP contribution in [0.5, 0.6) is 0 Å². The van der Waals surface area contributed by atoms with Crippen molar-refractivity contribution in [1.82, 2.24) is 19.2 Å². The van der Waals surface area contributed by atoms with Gasteiger partial charge in [-0.3, -0.25) is 4.79 Å². The molecule has 2 aromatic rings. The van der Waals surface area contributed by atoms with Crippen LogP contribution in [0.25, 0.3) is 6.08 Å². The molecule has 1 unspecified atom stereocenters. The summed E-state index contributed by atoms with van der Waals surface area (Å²) in [6, 6.07) is 8.73. The summed E-state index contributed by atoms with van der Waals surface area (Å²) in [6.07, 6.45) is 2.80. The quantitative estimate of drug-likeness (QED) is 0.512. The molecule has 1 aromatic carbocycles. The van der Waals surface area contributed by atoms with E-state index >= 15 is 0 Å². The van der Waals surface area contributed by atoms with Gasteiger partial charge in [0.05, 0.1) is 12.3 Å². The maximum absolute atomic E-state index is 13.5. The standard InChI is InChI=1S/C25H32N4O5S/c1-5-10-21-22(25(31)34-6-2)23(27-19(4)26-21)24(30)28-14-15-29(18(3)17-28)35(32,33)16-13-20-11-8-7-9-12-20/h7-9,11-13,16,18H,5-6,10,14-15,17H2,1-4H3/b16-13+. The van der Waals surface area contributed by atoms with Crippen LogP contribution in [0.3, 0.4) is 0 Å². The molecular formula is C25H32N4O5S. The van der Waals surface area contributed by atoms with E-state index in [2.05, 4.69) is 9.97 Å². The highest BCUT2D eigenvalue weighted by atomic mass is 32.2. The predicted octanol–water partition coefficient (Wildman–Crippen LogP) is 3.06. The second-order valence-corrected chi connectivity index (χ2v) is 10.2. The number of sulfonamides is 1. The average molecular weight is 501 g/mol. The Hall–Kier alpha value is -3.11. The van der Waals surface area contributed by atoms with Crippen molar-refractivity contribution >= 4 is 28.0 Å². The first-order valence-corrected chi connectivity index (χ1v) is 13.3. The fourth-order valence-corrected chi connectivity index (χ4v) is 5.47. The molecule has 1 saturated heterocycles. The number of carbonyl (C=O) groups excluding carboxylic acids is 2. The molecule has 9 nitrogen and oxygen atoms in total. The first-order chi connectivity index (χ1) is 16.7. The monoisotopic (exact) mass is 500 g/mol. The van der Waals surface area contributed by atoms with E-state index in [1.807, 2.05) is 37.3 Å². The fraction of sp³-hybridized carbons (Fsp3) is 0.440. The van der Waals surface area contributed by atoms with E-state index < -0.39 is 27.9 Å². The molecule has 1 aromatic heterocycles. The summed E-state index contributed by atoms with van der Waals surface area (Å²) in [5.41, 5.74) is 1.37. The first-order valence-electron chi connectivity index (χ1n) is 11.8. The molecule has 0 aliphatic carbocycles. The van der Waals surface area contributed by atoms with Crippen LogP contribution in [0.15, 0.2) is 35.7 Å². The Balaban J connectivity index is 1.83. The lowest BCUT2D eigenvalue weighted by molar-refractivity contribution is 0.0508. The van der Waals surface area contributed by atoms with E-state index in [1.165, 1.54) is 14.6 Å². The minimum Gasteiger partial charge on any atom is -0.462 e. The van der Waals surface area contributed by atoms with Gasteiger partial charge in [0.2, 0.25) is 10.0 Å². The Bertz CT molecular complexity index is 1200. The van der Waals surface area contributed by atoms with Gasteiger partial charge in [0, 0.05) is 31.1 Å². The summed E-state index contributed by atoms with van der Waals surface area (Å²) >= 11 is 0. The van der Waals surface area contributed by atoms with Crippen LogP contribution >= 0.6 is 0 Å². The second kappa shape index (κ2) is 11.5. The second-order valence-electron chi connectivity index (χ2n) is 8.38. The number of nitrogens with zero attached hydrogens (tertiary/aromatic N) is 4.